The molecule has 1 N–H and O–H groups in total. The van der Waals surface area contributed by atoms with Crippen molar-refractivity contribution in [1.29, 1.82) is 0 Å². The molecule has 1 heterocycles. The van der Waals surface area contributed by atoms with Crippen molar-refractivity contribution in [2.45, 2.75) is 0 Å². The van der Waals surface area contributed by atoms with Gasteiger partial charge in [-0.1, -0.05) is 41.9 Å². The number of nitrogens with zero attached hydrogens (tertiary/aromatic N) is 1. The number of amides is 1. The Morgan fingerprint density at radius 3 is 2.62 bits per heavy atom. The minimum atomic E-state index is -0.453. The summed E-state index contributed by atoms with van der Waals surface area (Å²) in [6.45, 7) is 0. The standard InChI is InChI=1S/C23H15ClN2O3/c24-17-11-8-15(9-12-17)10-13-21(27)25-18-5-3-4-16(14-18)22-26-20-7-2-1-6-19(20)23(28)29-22/h1-14H,(H,25,27)/b13-10+. The Labute approximate surface area is 171 Å². The van der Waals surface area contributed by atoms with Crippen LogP contribution in [0.4, 0.5) is 5.69 Å². The number of aromatic nitrogens is 1. The lowest BCUT2D eigenvalue weighted by molar-refractivity contribution is -0.111. The van der Waals surface area contributed by atoms with Crippen molar-refractivity contribution in [2.75, 3.05) is 5.32 Å². The molecule has 1 amide bonds. The van der Waals surface area contributed by atoms with Gasteiger partial charge in [0.05, 0.1) is 10.9 Å². The number of fused-ring (bicyclic) bond motifs is 1. The number of benzene rings is 3. The molecule has 0 saturated heterocycles. The van der Waals surface area contributed by atoms with Crippen LogP contribution in [0.3, 0.4) is 0 Å². The third kappa shape index (κ3) is 4.42. The van der Waals surface area contributed by atoms with Crippen molar-refractivity contribution < 1.29 is 9.21 Å². The van der Waals surface area contributed by atoms with Crippen molar-refractivity contribution in [3.63, 3.8) is 0 Å². The van der Waals surface area contributed by atoms with Gasteiger partial charge >= 0.3 is 5.63 Å². The SMILES string of the molecule is O=C(/C=C/c1ccc(Cl)cc1)Nc1cccc(-c2nc3ccccc3c(=O)o2)c1. The topological polar surface area (TPSA) is 72.2 Å². The number of hydrogen-bond acceptors (Lipinski definition) is 4. The lowest BCUT2D eigenvalue weighted by Gasteiger charge is -2.05. The Kier molecular flexibility index (Phi) is 5.22. The van der Waals surface area contributed by atoms with E-state index in [-0.39, 0.29) is 11.8 Å². The summed E-state index contributed by atoms with van der Waals surface area (Å²) in [6.07, 6.45) is 3.13. The van der Waals surface area contributed by atoms with Crippen LogP contribution in [0.1, 0.15) is 5.56 Å². The second-order valence-corrected chi connectivity index (χ2v) is 6.72. The van der Waals surface area contributed by atoms with Gasteiger partial charge in [-0.2, -0.15) is 0 Å². The zero-order chi connectivity index (χ0) is 20.2. The molecule has 0 saturated carbocycles. The molecule has 142 valence electrons. The molecule has 0 aliphatic carbocycles. The zero-order valence-electron chi connectivity index (χ0n) is 15.1. The highest BCUT2D eigenvalue weighted by Gasteiger charge is 2.09. The maximum Gasteiger partial charge on any atom is 0.347 e. The van der Waals surface area contributed by atoms with Crippen molar-refractivity contribution in [2.24, 2.45) is 0 Å². The van der Waals surface area contributed by atoms with Crippen molar-refractivity contribution in [3.8, 4) is 11.5 Å². The van der Waals surface area contributed by atoms with Gasteiger partial charge in [0.15, 0.2) is 0 Å². The van der Waals surface area contributed by atoms with E-state index >= 15 is 0 Å². The molecule has 0 bridgehead atoms. The summed E-state index contributed by atoms with van der Waals surface area (Å²) in [5.74, 6) is -0.0912. The summed E-state index contributed by atoms with van der Waals surface area (Å²) >= 11 is 5.85. The Bertz CT molecular complexity index is 1280. The lowest BCUT2D eigenvalue weighted by atomic mass is 10.2. The summed E-state index contributed by atoms with van der Waals surface area (Å²) in [5.41, 5.74) is 2.11. The minimum Gasteiger partial charge on any atom is -0.403 e. The van der Waals surface area contributed by atoms with Gasteiger partial charge < -0.3 is 9.73 Å². The van der Waals surface area contributed by atoms with Crippen LogP contribution in [0.5, 0.6) is 0 Å². The lowest BCUT2D eigenvalue weighted by Crippen LogP contribution is -2.08. The third-order valence-electron chi connectivity index (χ3n) is 4.21. The average Bonchev–Trinajstić information content (AvgIpc) is 2.73. The van der Waals surface area contributed by atoms with E-state index in [0.29, 0.717) is 27.2 Å². The van der Waals surface area contributed by atoms with Gasteiger partial charge in [0.1, 0.15) is 0 Å². The van der Waals surface area contributed by atoms with Crippen LogP contribution < -0.4 is 10.9 Å². The molecule has 3 aromatic carbocycles. The monoisotopic (exact) mass is 402 g/mol. The fourth-order valence-corrected chi connectivity index (χ4v) is 2.93. The second kappa shape index (κ2) is 8.12. The normalized spacial score (nSPS) is 11.1. The molecule has 5 nitrogen and oxygen atoms in total. The zero-order valence-corrected chi connectivity index (χ0v) is 15.9. The summed E-state index contributed by atoms with van der Waals surface area (Å²) in [4.78, 5) is 28.8. The van der Waals surface area contributed by atoms with E-state index < -0.39 is 5.63 Å². The Balaban J connectivity index is 1.55. The van der Waals surface area contributed by atoms with Gasteiger partial charge in [0.25, 0.3) is 0 Å². The summed E-state index contributed by atoms with van der Waals surface area (Å²) in [5, 5.41) is 3.85. The fraction of sp³-hybridized carbons (Fsp3) is 0. The van der Waals surface area contributed by atoms with E-state index in [1.807, 2.05) is 18.2 Å². The molecule has 0 fully saturated rings. The highest BCUT2D eigenvalue weighted by Crippen LogP contribution is 2.22. The quantitative estimate of drug-likeness (QED) is 0.478. The first-order valence-electron chi connectivity index (χ1n) is 8.83. The van der Waals surface area contributed by atoms with Crippen LogP contribution >= 0.6 is 11.6 Å². The third-order valence-corrected chi connectivity index (χ3v) is 4.46. The van der Waals surface area contributed by atoms with Crippen LogP contribution in [0.25, 0.3) is 28.4 Å². The molecule has 0 aliphatic rings. The summed E-state index contributed by atoms with van der Waals surface area (Å²) < 4.78 is 5.35. The molecule has 4 aromatic rings. The average molecular weight is 403 g/mol. The van der Waals surface area contributed by atoms with Gasteiger partial charge in [-0.25, -0.2) is 9.78 Å². The van der Waals surface area contributed by atoms with Gasteiger partial charge in [-0.3, -0.25) is 4.79 Å². The number of para-hydroxylation sites is 1. The van der Waals surface area contributed by atoms with Crippen LogP contribution in [0.15, 0.2) is 88.1 Å². The molecule has 4 rings (SSSR count). The molecule has 0 spiro atoms. The predicted octanol–water partition coefficient (Wildman–Crippen LogP) is 5.16. The fourth-order valence-electron chi connectivity index (χ4n) is 2.80. The molecular formula is C23H15ClN2O3. The first-order valence-corrected chi connectivity index (χ1v) is 9.21. The maximum absolute atomic E-state index is 12.2. The number of anilines is 1. The van der Waals surface area contributed by atoms with Crippen LogP contribution in [0, 0.1) is 0 Å². The number of rotatable bonds is 4. The molecule has 1 aromatic heterocycles. The molecule has 0 radical (unpaired) electrons. The van der Waals surface area contributed by atoms with Crippen LogP contribution in [0.2, 0.25) is 5.02 Å². The van der Waals surface area contributed by atoms with E-state index in [2.05, 4.69) is 10.3 Å². The first kappa shape index (κ1) is 18.7. The van der Waals surface area contributed by atoms with E-state index in [0.717, 1.165) is 5.56 Å². The largest absolute Gasteiger partial charge is 0.403 e. The van der Waals surface area contributed by atoms with Gasteiger partial charge in [-0.05, 0) is 54.1 Å². The molecule has 29 heavy (non-hydrogen) atoms. The predicted molar refractivity (Wildman–Crippen MR) is 115 cm³/mol. The van der Waals surface area contributed by atoms with E-state index in [1.54, 1.807) is 60.7 Å². The molecular weight excluding hydrogens is 388 g/mol. The summed E-state index contributed by atoms with van der Waals surface area (Å²) in [6, 6.07) is 21.1. The van der Waals surface area contributed by atoms with Crippen molar-refractivity contribution >= 4 is 40.2 Å². The summed E-state index contributed by atoms with van der Waals surface area (Å²) in [7, 11) is 0. The Morgan fingerprint density at radius 2 is 1.79 bits per heavy atom. The van der Waals surface area contributed by atoms with Crippen molar-refractivity contribution in [1.82, 2.24) is 4.98 Å². The first-order chi connectivity index (χ1) is 14.1. The number of carbonyl (C=O) groups excluding carboxylic acids is 1. The number of halogens is 1. The maximum atomic E-state index is 12.2. The van der Waals surface area contributed by atoms with E-state index in [4.69, 9.17) is 16.0 Å². The van der Waals surface area contributed by atoms with E-state index in [1.165, 1.54) is 6.08 Å². The Hall–Kier alpha value is -3.70. The molecule has 6 heteroatoms. The van der Waals surface area contributed by atoms with Crippen LogP contribution in [-0.2, 0) is 4.79 Å². The Morgan fingerprint density at radius 1 is 1.00 bits per heavy atom. The minimum absolute atomic E-state index is 0.196. The highest BCUT2D eigenvalue weighted by atomic mass is 35.5. The number of hydrogen-bond donors (Lipinski definition) is 1. The number of nitrogens with one attached hydrogen (secondary N) is 1. The highest BCUT2D eigenvalue weighted by molar-refractivity contribution is 6.30. The molecule has 0 atom stereocenters. The van der Waals surface area contributed by atoms with E-state index in [9.17, 15) is 9.59 Å². The van der Waals surface area contributed by atoms with Gasteiger partial charge in [0.2, 0.25) is 11.8 Å². The van der Waals surface area contributed by atoms with Crippen LogP contribution in [-0.4, -0.2) is 10.9 Å². The second-order valence-electron chi connectivity index (χ2n) is 6.28. The van der Waals surface area contributed by atoms with Crippen molar-refractivity contribution in [3.05, 3.63) is 99.9 Å². The smallest absolute Gasteiger partial charge is 0.347 e. The molecule has 0 unspecified atom stereocenters. The molecule has 0 aliphatic heterocycles. The number of carbonyl (C=O) groups is 1. The van der Waals surface area contributed by atoms with Gasteiger partial charge in [0, 0.05) is 22.3 Å². The van der Waals surface area contributed by atoms with Gasteiger partial charge in [-0.15, -0.1) is 0 Å².